The van der Waals surface area contributed by atoms with Gasteiger partial charge in [-0.1, -0.05) is 0 Å². The van der Waals surface area contributed by atoms with E-state index in [1.54, 1.807) is 14.0 Å². The average Bonchev–Trinajstić information content (AvgIpc) is 2.10. The molecule has 4 nitrogen and oxygen atoms in total. The molecule has 0 aliphatic carbocycles. The van der Waals surface area contributed by atoms with Crippen LogP contribution in [0.15, 0.2) is 0 Å². The van der Waals surface area contributed by atoms with Crippen LogP contribution in [-0.4, -0.2) is 50.7 Å². The molecule has 2 atom stereocenters. The lowest BCUT2D eigenvalue weighted by atomic mass is 10.2. The van der Waals surface area contributed by atoms with E-state index < -0.39 is 0 Å². The Morgan fingerprint density at radius 1 is 1.23 bits per heavy atom. The molecule has 4 heteroatoms. The molecule has 0 aromatic carbocycles. The third-order valence-electron chi connectivity index (χ3n) is 1.87. The van der Waals surface area contributed by atoms with Crippen molar-refractivity contribution in [1.82, 2.24) is 5.32 Å². The molecule has 0 aromatic rings. The maximum absolute atomic E-state index is 9.14. The first kappa shape index (κ1) is 12.8. The van der Waals surface area contributed by atoms with Crippen LogP contribution in [0.25, 0.3) is 0 Å². The van der Waals surface area contributed by atoms with Crippen molar-refractivity contribution in [1.29, 1.82) is 0 Å². The largest absolute Gasteiger partial charge is 0.392 e. The Morgan fingerprint density at radius 3 is 2.46 bits per heavy atom. The number of methoxy groups -OCH3 is 1. The molecule has 0 spiro atoms. The van der Waals surface area contributed by atoms with E-state index in [4.69, 9.17) is 14.6 Å². The number of aliphatic hydroxyl groups excluding tert-OH is 1. The summed E-state index contributed by atoms with van der Waals surface area (Å²) in [5, 5.41) is 12.3. The first-order chi connectivity index (χ1) is 6.18. The van der Waals surface area contributed by atoms with Gasteiger partial charge in [-0.15, -0.1) is 0 Å². The molecule has 0 saturated carbocycles. The van der Waals surface area contributed by atoms with E-state index in [9.17, 15) is 0 Å². The van der Waals surface area contributed by atoms with Crippen molar-refractivity contribution in [2.75, 3.05) is 33.5 Å². The zero-order valence-electron chi connectivity index (χ0n) is 8.75. The van der Waals surface area contributed by atoms with Gasteiger partial charge in [-0.2, -0.15) is 0 Å². The van der Waals surface area contributed by atoms with Crippen LogP contribution in [-0.2, 0) is 9.47 Å². The van der Waals surface area contributed by atoms with Gasteiger partial charge in [-0.05, 0) is 13.8 Å². The maximum atomic E-state index is 9.14. The second kappa shape index (κ2) is 8.44. The summed E-state index contributed by atoms with van der Waals surface area (Å²) in [6.45, 7) is 6.38. The smallest absolute Gasteiger partial charge is 0.0700 e. The minimum Gasteiger partial charge on any atom is -0.392 e. The monoisotopic (exact) mass is 191 g/mol. The molecule has 2 unspecified atom stereocenters. The zero-order chi connectivity index (χ0) is 10.1. The molecule has 0 saturated heterocycles. The fourth-order valence-electron chi connectivity index (χ4n) is 0.774. The summed E-state index contributed by atoms with van der Waals surface area (Å²) >= 11 is 0. The van der Waals surface area contributed by atoms with E-state index in [0.29, 0.717) is 19.8 Å². The van der Waals surface area contributed by atoms with Crippen LogP contribution in [0.4, 0.5) is 0 Å². The molecule has 0 fully saturated rings. The van der Waals surface area contributed by atoms with Gasteiger partial charge in [-0.3, -0.25) is 0 Å². The van der Waals surface area contributed by atoms with Crippen LogP contribution >= 0.6 is 0 Å². The van der Waals surface area contributed by atoms with Crippen LogP contribution in [0, 0.1) is 0 Å². The Hall–Kier alpha value is -0.160. The summed E-state index contributed by atoms with van der Waals surface area (Å²) in [6, 6.07) is 0.117. The fourth-order valence-corrected chi connectivity index (χ4v) is 0.774. The maximum Gasteiger partial charge on any atom is 0.0700 e. The lowest BCUT2D eigenvalue weighted by molar-refractivity contribution is 0.0680. The van der Waals surface area contributed by atoms with Crippen LogP contribution in [0.5, 0.6) is 0 Å². The van der Waals surface area contributed by atoms with Gasteiger partial charge in [0, 0.05) is 19.7 Å². The first-order valence-corrected chi connectivity index (χ1v) is 4.66. The molecule has 0 bridgehead atoms. The Balaban J connectivity index is 3.07. The summed E-state index contributed by atoms with van der Waals surface area (Å²) in [6.07, 6.45) is -0.320. The molecule has 13 heavy (non-hydrogen) atoms. The Kier molecular flexibility index (Phi) is 8.33. The minimum absolute atomic E-state index is 0.117. The highest BCUT2D eigenvalue weighted by Crippen LogP contribution is 1.88. The molecule has 0 radical (unpaired) electrons. The van der Waals surface area contributed by atoms with Crippen LogP contribution < -0.4 is 5.32 Å². The molecule has 0 aromatic heterocycles. The lowest BCUT2D eigenvalue weighted by Gasteiger charge is -2.16. The summed E-state index contributed by atoms with van der Waals surface area (Å²) in [7, 11) is 1.65. The van der Waals surface area contributed by atoms with Crippen molar-refractivity contribution < 1.29 is 14.6 Å². The number of aliphatic hydroxyl groups is 1. The van der Waals surface area contributed by atoms with Gasteiger partial charge in [0.25, 0.3) is 0 Å². The van der Waals surface area contributed by atoms with E-state index in [2.05, 4.69) is 5.32 Å². The zero-order valence-corrected chi connectivity index (χ0v) is 8.75. The minimum atomic E-state index is -0.320. The predicted octanol–water partition coefficient (Wildman–Crippen LogP) is 0.00830. The summed E-state index contributed by atoms with van der Waals surface area (Å²) < 4.78 is 10.1. The molecule has 0 rings (SSSR count). The third kappa shape index (κ3) is 8.18. The lowest BCUT2D eigenvalue weighted by Crippen LogP contribution is -2.37. The van der Waals surface area contributed by atoms with E-state index in [1.165, 1.54) is 0 Å². The summed E-state index contributed by atoms with van der Waals surface area (Å²) in [4.78, 5) is 0. The van der Waals surface area contributed by atoms with Gasteiger partial charge in [0.15, 0.2) is 0 Å². The van der Waals surface area contributed by atoms with Gasteiger partial charge in [0.2, 0.25) is 0 Å². The first-order valence-electron chi connectivity index (χ1n) is 4.66. The highest BCUT2D eigenvalue weighted by atomic mass is 16.5. The van der Waals surface area contributed by atoms with Gasteiger partial charge in [0.05, 0.1) is 25.9 Å². The van der Waals surface area contributed by atoms with E-state index in [1.807, 2.05) is 6.92 Å². The van der Waals surface area contributed by atoms with Crippen molar-refractivity contribution in [3.63, 3.8) is 0 Å². The van der Waals surface area contributed by atoms with Gasteiger partial charge >= 0.3 is 0 Å². The second-order valence-electron chi connectivity index (χ2n) is 3.09. The summed E-state index contributed by atoms with van der Waals surface area (Å²) in [5.74, 6) is 0. The molecule has 0 aliphatic rings. The Morgan fingerprint density at radius 2 is 1.92 bits per heavy atom. The molecule has 0 amide bonds. The molecule has 80 valence electrons. The van der Waals surface area contributed by atoms with Crippen molar-refractivity contribution >= 4 is 0 Å². The van der Waals surface area contributed by atoms with E-state index in [-0.39, 0.29) is 12.1 Å². The fraction of sp³-hybridized carbons (Fsp3) is 1.00. The average molecular weight is 191 g/mol. The highest BCUT2D eigenvalue weighted by molar-refractivity contribution is 4.65. The van der Waals surface area contributed by atoms with Gasteiger partial charge < -0.3 is 19.9 Å². The SMILES string of the molecule is COCCOCCNC(C)C(C)O. The van der Waals surface area contributed by atoms with E-state index in [0.717, 1.165) is 6.54 Å². The number of hydrogen-bond donors (Lipinski definition) is 2. The van der Waals surface area contributed by atoms with Gasteiger partial charge in [0.1, 0.15) is 0 Å². The number of hydrogen-bond acceptors (Lipinski definition) is 4. The standard InChI is InChI=1S/C9H21NO3/c1-8(9(2)11)10-4-5-13-7-6-12-3/h8-11H,4-7H2,1-3H3. The molecular formula is C9H21NO3. The van der Waals surface area contributed by atoms with Crippen molar-refractivity contribution in [3.8, 4) is 0 Å². The normalized spacial score (nSPS) is 15.7. The predicted molar refractivity (Wildman–Crippen MR) is 51.8 cm³/mol. The summed E-state index contributed by atoms with van der Waals surface area (Å²) in [5.41, 5.74) is 0. The molecule has 0 aliphatic heterocycles. The van der Waals surface area contributed by atoms with Crippen LogP contribution in [0.3, 0.4) is 0 Å². The number of nitrogens with one attached hydrogen (secondary N) is 1. The van der Waals surface area contributed by atoms with Crippen LogP contribution in [0.2, 0.25) is 0 Å². The van der Waals surface area contributed by atoms with Gasteiger partial charge in [-0.25, -0.2) is 0 Å². The molecule has 0 heterocycles. The highest BCUT2D eigenvalue weighted by Gasteiger charge is 2.05. The topological polar surface area (TPSA) is 50.7 Å². The van der Waals surface area contributed by atoms with Crippen molar-refractivity contribution in [2.24, 2.45) is 0 Å². The molecule has 2 N–H and O–H groups in total. The second-order valence-corrected chi connectivity index (χ2v) is 3.09. The Bertz CT molecular complexity index is 109. The quantitative estimate of drug-likeness (QED) is 0.531. The number of ether oxygens (including phenoxy) is 2. The van der Waals surface area contributed by atoms with Crippen LogP contribution in [0.1, 0.15) is 13.8 Å². The van der Waals surface area contributed by atoms with E-state index >= 15 is 0 Å². The van der Waals surface area contributed by atoms with Crippen molar-refractivity contribution in [3.05, 3.63) is 0 Å². The number of rotatable bonds is 8. The van der Waals surface area contributed by atoms with Crippen molar-refractivity contribution in [2.45, 2.75) is 26.0 Å². The third-order valence-corrected chi connectivity index (χ3v) is 1.87. The molecular weight excluding hydrogens is 170 g/mol. The Labute approximate surface area is 80.2 Å².